The highest BCUT2D eigenvalue weighted by Crippen LogP contribution is 2.24. The molecule has 156 valence electrons. The lowest BCUT2D eigenvalue weighted by atomic mass is 10.1. The molecule has 0 aliphatic heterocycles. The predicted molar refractivity (Wildman–Crippen MR) is 124 cm³/mol. The monoisotopic (exact) mass is 430 g/mol. The van der Waals surface area contributed by atoms with Crippen molar-refractivity contribution in [3.05, 3.63) is 96.7 Å². The number of carbonyl (C=O) groups excluding carboxylic acids is 1. The molecule has 2 N–H and O–H groups in total. The van der Waals surface area contributed by atoms with Gasteiger partial charge in [-0.3, -0.25) is 4.21 Å². The Morgan fingerprint density at radius 1 is 0.935 bits per heavy atom. The number of nitrogens with one attached hydrogen (secondary N) is 2. The van der Waals surface area contributed by atoms with Crippen LogP contribution >= 0.6 is 0 Å². The van der Waals surface area contributed by atoms with Gasteiger partial charge in [-0.1, -0.05) is 48.5 Å². The number of hydrogen-bond acceptors (Lipinski definition) is 3. The number of amides is 2. The van der Waals surface area contributed by atoms with E-state index in [2.05, 4.69) is 10.6 Å². The van der Waals surface area contributed by atoms with Crippen molar-refractivity contribution in [3.8, 4) is 16.9 Å². The van der Waals surface area contributed by atoms with Crippen LogP contribution in [0.25, 0.3) is 16.9 Å². The van der Waals surface area contributed by atoms with Gasteiger partial charge in [-0.15, -0.1) is 0 Å². The second-order valence-corrected chi connectivity index (χ2v) is 8.30. The van der Waals surface area contributed by atoms with Gasteiger partial charge in [0.1, 0.15) is 0 Å². The molecule has 1 aromatic heterocycles. The molecular weight excluding hydrogens is 408 g/mol. The highest BCUT2D eigenvalue weighted by Gasteiger charge is 2.13. The van der Waals surface area contributed by atoms with Crippen molar-refractivity contribution in [3.63, 3.8) is 0 Å². The largest absolute Gasteiger partial charge is 0.332 e. The van der Waals surface area contributed by atoms with Gasteiger partial charge in [0.25, 0.3) is 0 Å². The second kappa shape index (κ2) is 9.40. The van der Waals surface area contributed by atoms with Crippen molar-refractivity contribution in [2.45, 2.75) is 11.4 Å². The lowest BCUT2D eigenvalue weighted by molar-refractivity contribution is 0.251. The van der Waals surface area contributed by atoms with E-state index in [0.29, 0.717) is 0 Å². The van der Waals surface area contributed by atoms with Crippen LogP contribution in [0.4, 0.5) is 10.5 Å². The molecule has 7 heteroatoms. The van der Waals surface area contributed by atoms with Crippen LogP contribution in [-0.2, 0) is 17.3 Å². The number of para-hydroxylation sites is 1. The molecular formula is C24H22N4O2S. The highest BCUT2D eigenvalue weighted by atomic mass is 32.2. The molecule has 3 aromatic carbocycles. The summed E-state index contributed by atoms with van der Waals surface area (Å²) in [6, 6.07) is 28.4. The molecule has 0 saturated carbocycles. The molecule has 1 heterocycles. The zero-order chi connectivity index (χ0) is 21.6. The fourth-order valence-corrected chi connectivity index (χ4v) is 3.69. The summed E-state index contributed by atoms with van der Waals surface area (Å²) in [5.74, 6) is 0. The topological polar surface area (TPSA) is 76.0 Å². The molecule has 0 aliphatic carbocycles. The number of aromatic nitrogens is 2. The van der Waals surface area contributed by atoms with Gasteiger partial charge in [0.2, 0.25) is 0 Å². The van der Waals surface area contributed by atoms with Crippen LogP contribution in [0.2, 0.25) is 0 Å². The van der Waals surface area contributed by atoms with Gasteiger partial charge >= 0.3 is 6.03 Å². The van der Waals surface area contributed by atoms with E-state index in [1.54, 1.807) is 6.26 Å². The first-order valence-corrected chi connectivity index (χ1v) is 11.3. The molecule has 0 fully saturated rings. The summed E-state index contributed by atoms with van der Waals surface area (Å²) < 4.78 is 13.5. The Bertz CT molecular complexity index is 1190. The maximum absolute atomic E-state index is 12.2. The van der Waals surface area contributed by atoms with Crippen LogP contribution in [0.1, 0.15) is 5.69 Å². The quantitative estimate of drug-likeness (QED) is 0.469. The molecule has 4 aromatic rings. The SMILES string of the molecule is CS(=O)c1ccc(-n2nc(CNC(=O)Nc3ccccc3)cc2-c2ccccc2)cc1. The third-order valence-electron chi connectivity index (χ3n) is 4.70. The average molecular weight is 431 g/mol. The van der Waals surface area contributed by atoms with Crippen LogP contribution in [0.3, 0.4) is 0 Å². The third-order valence-corrected chi connectivity index (χ3v) is 5.64. The molecule has 31 heavy (non-hydrogen) atoms. The molecule has 4 rings (SSSR count). The third kappa shape index (κ3) is 5.07. The summed E-state index contributed by atoms with van der Waals surface area (Å²) in [7, 11) is -1.04. The van der Waals surface area contributed by atoms with Crippen LogP contribution in [0, 0.1) is 0 Å². The van der Waals surface area contributed by atoms with E-state index < -0.39 is 10.8 Å². The first-order chi connectivity index (χ1) is 15.1. The van der Waals surface area contributed by atoms with Gasteiger partial charge < -0.3 is 10.6 Å². The minimum Gasteiger partial charge on any atom is -0.332 e. The maximum atomic E-state index is 12.2. The molecule has 2 amide bonds. The lowest BCUT2D eigenvalue weighted by Crippen LogP contribution is -2.28. The van der Waals surface area contributed by atoms with Crippen molar-refractivity contribution in [2.75, 3.05) is 11.6 Å². The minimum absolute atomic E-state index is 0.280. The first-order valence-electron chi connectivity index (χ1n) is 9.78. The Hall–Kier alpha value is -3.71. The normalized spacial score (nSPS) is 11.6. The Labute approximate surface area is 183 Å². The van der Waals surface area contributed by atoms with E-state index in [1.807, 2.05) is 95.7 Å². The van der Waals surface area contributed by atoms with Gasteiger partial charge in [-0.25, -0.2) is 9.48 Å². The number of nitrogens with zero attached hydrogens (tertiary/aromatic N) is 2. The molecule has 6 nitrogen and oxygen atoms in total. The van der Waals surface area contributed by atoms with E-state index in [-0.39, 0.29) is 12.6 Å². The Morgan fingerprint density at radius 3 is 2.23 bits per heavy atom. The molecule has 0 aliphatic rings. The van der Waals surface area contributed by atoms with Crippen molar-refractivity contribution in [1.29, 1.82) is 0 Å². The van der Waals surface area contributed by atoms with E-state index in [1.165, 1.54) is 0 Å². The summed E-state index contributed by atoms with van der Waals surface area (Å²) in [5.41, 5.74) is 4.23. The van der Waals surface area contributed by atoms with Gasteiger partial charge in [-0.05, 0) is 42.5 Å². The predicted octanol–water partition coefficient (Wildman–Crippen LogP) is 4.60. The van der Waals surface area contributed by atoms with Gasteiger partial charge in [0.15, 0.2) is 0 Å². The van der Waals surface area contributed by atoms with E-state index >= 15 is 0 Å². The lowest BCUT2D eigenvalue weighted by Gasteiger charge is -2.08. The number of carbonyl (C=O) groups is 1. The molecule has 0 bridgehead atoms. The van der Waals surface area contributed by atoms with Crippen molar-refractivity contribution >= 4 is 22.5 Å². The van der Waals surface area contributed by atoms with Crippen LogP contribution in [-0.4, -0.2) is 26.3 Å². The average Bonchev–Trinajstić information content (AvgIpc) is 3.23. The summed E-state index contributed by atoms with van der Waals surface area (Å²) in [6.45, 7) is 0.280. The summed E-state index contributed by atoms with van der Waals surface area (Å²) in [6.07, 6.45) is 1.66. The van der Waals surface area contributed by atoms with Gasteiger partial charge in [-0.2, -0.15) is 5.10 Å². The van der Waals surface area contributed by atoms with Gasteiger partial charge in [0.05, 0.1) is 23.6 Å². The minimum atomic E-state index is -1.04. The highest BCUT2D eigenvalue weighted by molar-refractivity contribution is 7.84. The zero-order valence-corrected chi connectivity index (χ0v) is 17.8. The van der Waals surface area contributed by atoms with Crippen molar-refractivity contribution in [1.82, 2.24) is 15.1 Å². The number of hydrogen-bond donors (Lipinski definition) is 2. The van der Waals surface area contributed by atoms with Crippen LogP contribution in [0.5, 0.6) is 0 Å². The second-order valence-electron chi connectivity index (χ2n) is 6.92. The van der Waals surface area contributed by atoms with E-state index in [9.17, 15) is 9.00 Å². The summed E-state index contributed by atoms with van der Waals surface area (Å²) in [4.78, 5) is 13.0. The number of benzene rings is 3. The Balaban J connectivity index is 1.57. The number of rotatable bonds is 6. The molecule has 1 unspecified atom stereocenters. The van der Waals surface area contributed by atoms with Crippen LogP contribution in [0.15, 0.2) is 95.9 Å². The fourth-order valence-electron chi connectivity index (χ4n) is 3.17. The number of anilines is 1. The smallest absolute Gasteiger partial charge is 0.319 e. The summed E-state index contributed by atoms with van der Waals surface area (Å²) >= 11 is 0. The maximum Gasteiger partial charge on any atom is 0.319 e. The Morgan fingerprint density at radius 2 is 1.58 bits per heavy atom. The van der Waals surface area contributed by atoms with Crippen molar-refractivity contribution < 1.29 is 9.00 Å². The van der Waals surface area contributed by atoms with Crippen molar-refractivity contribution in [2.24, 2.45) is 0 Å². The Kier molecular flexibility index (Phi) is 6.24. The zero-order valence-electron chi connectivity index (χ0n) is 17.0. The standard InChI is InChI=1S/C24H22N4O2S/c1-31(30)22-14-12-21(13-15-22)28-23(18-8-4-2-5-9-18)16-20(27-28)17-25-24(29)26-19-10-6-3-7-11-19/h2-16H,17H2,1H3,(H2,25,26,29). The molecule has 0 spiro atoms. The molecule has 0 saturated heterocycles. The molecule has 0 radical (unpaired) electrons. The first kappa shape index (κ1) is 20.6. The van der Waals surface area contributed by atoms with E-state index in [0.717, 1.165) is 33.2 Å². The summed E-state index contributed by atoms with van der Waals surface area (Å²) in [5, 5.41) is 10.4. The van der Waals surface area contributed by atoms with E-state index in [4.69, 9.17) is 5.10 Å². The van der Waals surface area contributed by atoms with Gasteiger partial charge in [0, 0.05) is 33.2 Å². The fraction of sp³-hybridized carbons (Fsp3) is 0.0833. The molecule has 1 atom stereocenters. The number of urea groups is 1. The van der Waals surface area contributed by atoms with Crippen LogP contribution < -0.4 is 10.6 Å².